The first-order valence-corrected chi connectivity index (χ1v) is 7.31. The first-order chi connectivity index (χ1) is 4.71. The standard InChI is InChI=1S/C4H5Br6N/c5-3(6,7)1-11-2-4(8,9)10/h11H,1-2H2. The molecule has 0 aliphatic rings. The van der Waals surface area contributed by atoms with E-state index in [1.165, 1.54) is 0 Å². The molecule has 0 bridgehead atoms. The van der Waals surface area contributed by atoms with Gasteiger partial charge in [-0.05, 0) is 0 Å². The predicted octanol–water partition coefficient (Wildman–Crippen LogP) is 4.25. The zero-order valence-corrected chi connectivity index (χ0v) is 14.7. The van der Waals surface area contributed by atoms with Crippen molar-refractivity contribution in [3.05, 3.63) is 0 Å². The van der Waals surface area contributed by atoms with Crippen LogP contribution in [0.25, 0.3) is 0 Å². The Bertz CT molecular complexity index is 98.7. The Morgan fingerprint density at radius 2 is 1.00 bits per heavy atom. The van der Waals surface area contributed by atoms with E-state index in [1.54, 1.807) is 0 Å². The highest BCUT2D eigenvalue weighted by Gasteiger charge is 2.21. The minimum Gasteiger partial charge on any atom is -0.310 e. The normalized spacial score (nSPS) is 13.6. The van der Waals surface area contributed by atoms with E-state index in [-0.39, 0.29) is 4.29 Å². The topological polar surface area (TPSA) is 12.0 Å². The first kappa shape index (κ1) is 13.8. The van der Waals surface area contributed by atoms with E-state index in [9.17, 15) is 0 Å². The number of rotatable bonds is 2. The summed E-state index contributed by atoms with van der Waals surface area (Å²) in [6, 6.07) is 0. The van der Waals surface area contributed by atoms with Crippen LogP contribution in [0, 0.1) is 0 Å². The lowest BCUT2D eigenvalue weighted by Gasteiger charge is -2.17. The second kappa shape index (κ2) is 5.66. The minimum atomic E-state index is -0.217. The van der Waals surface area contributed by atoms with E-state index in [0.717, 1.165) is 13.1 Å². The van der Waals surface area contributed by atoms with Gasteiger partial charge in [-0.15, -0.1) is 0 Å². The van der Waals surface area contributed by atoms with Gasteiger partial charge >= 0.3 is 0 Å². The Balaban J connectivity index is 3.44. The van der Waals surface area contributed by atoms with E-state index in [4.69, 9.17) is 0 Å². The molecule has 68 valence electrons. The Morgan fingerprint density at radius 3 is 1.18 bits per heavy atom. The average molecular weight is 547 g/mol. The molecule has 0 saturated heterocycles. The quantitative estimate of drug-likeness (QED) is 0.511. The molecule has 0 aromatic heterocycles. The molecule has 0 rings (SSSR count). The van der Waals surface area contributed by atoms with Gasteiger partial charge in [-0.1, -0.05) is 95.6 Å². The molecule has 0 aliphatic carbocycles. The van der Waals surface area contributed by atoms with Gasteiger partial charge in [0.1, 0.15) is 4.29 Å². The first-order valence-electron chi connectivity index (χ1n) is 2.55. The number of nitrogens with one attached hydrogen (secondary N) is 1. The molecule has 0 aliphatic heterocycles. The largest absolute Gasteiger partial charge is 0.310 e. The van der Waals surface area contributed by atoms with Gasteiger partial charge < -0.3 is 5.32 Å². The van der Waals surface area contributed by atoms with Crippen LogP contribution in [-0.4, -0.2) is 17.4 Å². The van der Waals surface area contributed by atoms with Crippen LogP contribution in [-0.2, 0) is 0 Å². The van der Waals surface area contributed by atoms with E-state index in [1.807, 2.05) is 0 Å². The molecular weight excluding hydrogens is 541 g/mol. The molecule has 0 aromatic carbocycles. The third-order valence-electron chi connectivity index (χ3n) is 0.651. The molecule has 0 atom stereocenters. The highest BCUT2D eigenvalue weighted by atomic mass is 80.0. The third kappa shape index (κ3) is 12.8. The van der Waals surface area contributed by atoms with Gasteiger partial charge in [0.25, 0.3) is 0 Å². The Labute approximate surface area is 117 Å². The summed E-state index contributed by atoms with van der Waals surface area (Å²) in [5.74, 6) is 0. The SMILES string of the molecule is BrC(Br)(Br)CNCC(Br)(Br)Br. The lowest BCUT2D eigenvalue weighted by molar-refractivity contribution is 0.742. The second-order valence-electron chi connectivity index (χ2n) is 1.83. The van der Waals surface area contributed by atoms with Gasteiger partial charge in [-0.3, -0.25) is 0 Å². The molecule has 1 nitrogen and oxygen atoms in total. The van der Waals surface area contributed by atoms with Crippen LogP contribution >= 0.6 is 95.6 Å². The van der Waals surface area contributed by atoms with E-state index in [2.05, 4.69) is 101 Å². The Kier molecular flexibility index (Phi) is 7.12. The van der Waals surface area contributed by atoms with Crippen molar-refractivity contribution in [1.82, 2.24) is 5.32 Å². The predicted molar refractivity (Wildman–Crippen MR) is 71.9 cm³/mol. The molecular formula is C4H5Br6N. The summed E-state index contributed by atoms with van der Waals surface area (Å²) in [5, 5.41) is 3.18. The van der Waals surface area contributed by atoms with Crippen LogP contribution in [0.5, 0.6) is 0 Å². The third-order valence-corrected chi connectivity index (χ3v) is 2.33. The Morgan fingerprint density at radius 1 is 0.727 bits per heavy atom. The lowest BCUT2D eigenvalue weighted by Crippen LogP contribution is -2.31. The molecule has 0 fully saturated rings. The van der Waals surface area contributed by atoms with Crippen molar-refractivity contribution in [3.8, 4) is 0 Å². The van der Waals surface area contributed by atoms with Crippen LogP contribution < -0.4 is 5.32 Å². The van der Waals surface area contributed by atoms with Crippen molar-refractivity contribution in [2.24, 2.45) is 0 Å². The highest BCUT2D eigenvalue weighted by Crippen LogP contribution is 2.34. The van der Waals surface area contributed by atoms with Crippen LogP contribution in [0.3, 0.4) is 0 Å². The summed E-state index contributed by atoms with van der Waals surface area (Å²) < 4.78 is -0.434. The smallest absolute Gasteiger partial charge is 0.147 e. The van der Waals surface area contributed by atoms with Crippen molar-refractivity contribution in [3.63, 3.8) is 0 Å². The number of alkyl halides is 6. The van der Waals surface area contributed by atoms with Crippen LogP contribution in [0.4, 0.5) is 0 Å². The summed E-state index contributed by atoms with van der Waals surface area (Å²) in [6.45, 7) is 1.52. The van der Waals surface area contributed by atoms with Crippen molar-refractivity contribution < 1.29 is 0 Å². The van der Waals surface area contributed by atoms with Gasteiger partial charge in [0.2, 0.25) is 0 Å². The number of hydrogen-bond acceptors (Lipinski definition) is 1. The number of halogens is 6. The van der Waals surface area contributed by atoms with Crippen molar-refractivity contribution in [2.45, 2.75) is 4.29 Å². The van der Waals surface area contributed by atoms with Crippen LogP contribution in [0.15, 0.2) is 0 Å². The fourth-order valence-electron chi connectivity index (χ4n) is 0.346. The minimum absolute atomic E-state index is 0.217. The Hall–Kier alpha value is 2.84. The zero-order valence-electron chi connectivity index (χ0n) is 5.18. The van der Waals surface area contributed by atoms with Gasteiger partial charge in [0.05, 0.1) is 0 Å². The fourth-order valence-corrected chi connectivity index (χ4v) is 1.54. The average Bonchev–Trinajstić information content (AvgIpc) is 1.55. The molecule has 7 heteroatoms. The second-order valence-corrected chi connectivity index (χ2v) is 16.3. The molecule has 0 spiro atoms. The van der Waals surface area contributed by atoms with E-state index >= 15 is 0 Å². The zero-order chi connectivity index (χ0) is 9.12. The van der Waals surface area contributed by atoms with Crippen LogP contribution in [0.1, 0.15) is 0 Å². The molecule has 1 N–H and O–H groups in total. The van der Waals surface area contributed by atoms with Crippen molar-refractivity contribution in [1.29, 1.82) is 0 Å². The summed E-state index contributed by atoms with van der Waals surface area (Å²) in [4.78, 5) is 0. The number of hydrogen-bond donors (Lipinski definition) is 1. The van der Waals surface area contributed by atoms with E-state index in [0.29, 0.717) is 0 Å². The molecule has 0 saturated carbocycles. The molecule has 0 unspecified atom stereocenters. The fraction of sp³-hybridized carbons (Fsp3) is 1.00. The molecule has 11 heavy (non-hydrogen) atoms. The molecule has 0 aromatic rings. The van der Waals surface area contributed by atoms with Gasteiger partial charge in [-0.2, -0.15) is 0 Å². The monoisotopic (exact) mass is 541 g/mol. The molecule has 0 radical (unpaired) electrons. The molecule has 0 amide bonds. The van der Waals surface area contributed by atoms with Crippen molar-refractivity contribution in [2.75, 3.05) is 13.1 Å². The van der Waals surface area contributed by atoms with Gasteiger partial charge in [0.15, 0.2) is 0 Å². The highest BCUT2D eigenvalue weighted by molar-refractivity contribution is 9.39. The maximum atomic E-state index is 3.37. The van der Waals surface area contributed by atoms with Crippen molar-refractivity contribution >= 4 is 95.6 Å². The van der Waals surface area contributed by atoms with Gasteiger partial charge in [-0.25, -0.2) is 0 Å². The maximum Gasteiger partial charge on any atom is 0.147 e. The summed E-state index contributed by atoms with van der Waals surface area (Å²) >= 11 is 20.2. The van der Waals surface area contributed by atoms with E-state index < -0.39 is 0 Å². The lowest BCUT2D eigenvalue weighted by atomic mass is 10.7. The summed E-state index contributed by atoms with van der Waals surface area (Å²) in [5.41, 5.74) is 0. The van der Waals surface area contributed by atoms with Crippen LogP contribution in [0.2, 0.25) is 0 Å². The van der Waals surface area contributed by atoms with Gasteiger partial charge in [0, 0.05) is 13.1 Å². The summed E-state index contributed by atoms with van der Waals surface area (Å²) in [7, 11) is 0. The molecule has 0 heterocycles. The summed E-state index contributed by atoms with van der Waals surface area (Å²) in [6.07, 6.45) is 0. The maximum absolute atomic E-state index is 3.37.